The standard InChI is InChI=1S/C47H40Cl2N4O7/c1-3-60-39-11-7-10-34(42(39)54)41-32-21-22-33-40(45(57)52(43(33)55)30-17-15-29(16-18-30)50-28-8-5-4-6-9-28)35(32)25-36-44(56)53(51-38-23-14-27(48)24-37(38)49)46(58)47(36,41)26-12-19-31(59-2)20-13-26/h4-21,23-24,33,35-36,40-41,50-51,54H,3,22,25H2,1-2H3/t33-,35+,36-,40-,41+,47+/m0/s1. The molecule has 1 saturated carbocycles. The van der Waals surface area contributed by atoms with Crippen LogP contribution in [0.5, 0.6) is 17.2 Å². The Labute approximate surface area is 356 Å². The average molecular weight is 844 g/mol. The number of nitrogens with zero attached hydrogens (tertiary/aromatic N) is 2. The number of hydrogen-bond acceptors (Lipinski definition) is 9. The van der Waals surface area contributed by atoms with Gasteiger partial charge in [-0.3, -0.25) is 29.5 Å². The number of imide groups is 2. The number of aromatic hydroxyl groups is 1. The van der Waals surface area contributed by atoms with Gasteiger partial charge in [-0.1, -0.05) is 77.3 Å². The molecule has 0 unspecified atom stereocenters. The number of phenolic OH excluding ortho intramolecular Hbond substituents is 1. The number of nitrogens with one attached hydrogen (secondary N) is 2. The molecule has 2 aliphatic carbocycles. The summed E-state index contributed by atoms with van der Waals surface area (Å²) in [7, 11) is 1.54. The Morgan fingerprint density at radius 3 is 2.25 bits per heavy atom. The highest BCUT2D eigenvalue weighted by Gasteiger charge is 2.70. The van der Waals surface area contributed by atoms with Gasteiger partial charge in [0.05, 0.1) is 53.3 Å². The van der Waals surface area contributed by atoms with Crippen LogP contribution in [0.3, 0.4) is 0 Å². The van der Waals surface area contributed by atoms with Crippen LogP contribution >= 0.6 is 23.2 Å². The van der Waals surface area contributed by atoms with Crippen molar-refractivity contribution < 1.29 is 33.8 Å². The Kier molecular flexibility index (Phi) is 10.0. The highest BCUT2D eigenvalue weighted by molar-refractivity contribution is 6.36. The summed E-state index contributed by atoms with van der Waals surface area (Å²) >= 11 is 12.8. The summed E-state index contributed by atoms with van der Waals surface area (Å²) in [4.78, 5) is 61.1. The molecule has 9 rings (SSSR count). The fourth-order valence-electron chi connectivity index (χ4n) is 9.87. The number of carbonyl (C=O) groups excluding carboxylic acids is 4. The zero-order chi connectivity index (χ0) is 41.9. The molecule has 2 saturated heterocycles. The van der Waals surface area contributed by atoms with Crippen LogP contribution in [0.25, 0.3) is 0 Å². The first-order valence-corrected chi connectivity index (χ1v) is 20.5. The summed E-state index contributed by atoms with van der Waals surface area (Å²) in [5.41, 5.74) is 5.27. The zero-order valence-corrected chi connectivity index (χ0v) is 34.1. The van der Waals surface area contributed by atoms with E-state index < -0.39 is 46.8 Å². The third-order valence-electron chi connectivity index (χ3n) is 12.4. The van der Waals surface area contributed by atoms with E-state index in [2.05, 4.69) is 10.7 Å². The van der Waals surface area contributed by atoms with Crippen molar-refractivity contribution in [2.75, 3.05) is 29.4 Å². The lowest BCUT2D eigenvalue weighted by Crippen LogP contribution is -2.53. The molecule has 0 spiro atoms. The number of hydrogen-bond donors (Lipinski definition) is 3. The van der Waals surface area contributed by atoms with Crippen molar-refractivity contribution >= 4 is 69.6 Å². The van der Waals surface area contributed by atoms with Crippen LogP contribution in [0, 0.1) is 23.7 Å². The lowest BCUT2D eigenvalue weighted by Gasteiger charge is -2.50. The summed E-state index contributed by atoms with van der Waals surface area (Å²) in [6.45, 7) is 2.06. The minimum atomic E-state index is -1.65. The monoisotopic (exact) mass is 842 g/mol. The molecule has 4 aliphatic rings. The molecular formula is C47H40Cl2N4O7. The maximum Gasteiger partial charge on any atom is 0.260 e. The molecule has 0 bridgehead atoms. The van der Waals surface area contributed by atoms with Gasteiger partial charge in [0.15, 0.2) is 11.5 Å². The molecule has 2 heterocycles. The minimum Gasteiger partial charge on any atom is -0.504 e. The number of rotatable bonds is 10. The SMILES string of the molecule is CCOc1cccc([C@H]2C3=CC[C@@H]4C(=O)N(c5ccc(Nc6ccccc6)cc5)C(=O)[C@@H]4[C@@H]3C[C@H]3C(=O)N(Nc4ccc(Cl)cc4Cl)C(=O)[C@@]23c2ccc(OC)cc2)c1O. The normalized spacial score (nSPS) is 24.4. The minimum absolute atomic E-state index is 0.0609. The Morgan fingerprint density at radius 2 is 1.55 bits per heavy atom. The summed E-state index contributed by atoms with van der Waals surface area (Å²) in [6, 6.07) is 33.5. The molecule has 3 N–H and O–H groups in total. The Balaban J connectivity index is 1.18. The van der Waals surface area contributed by atoms with E-state index in [9.17, 15) is 14.7 Å². The van der Waals surface area contributed by atoms with Crippen molar-refractivity contribution in [2.45, 2.75) is 31.1 Å². The smallest absolute Gasteiger partial charge is 0.260 e. The van der Waals surface area contributed by atoms with Crippen LogP contribution in [-0.2, 0) is 24.6 Å². The number of hydrazine groups is 1. The summed E-state index contributed by atoms with van der Waals surface area (Å²) in [5.74, 6) is -5.56. The first-order valence-electron chi connectivity index (χ1n) is 19.8. The van der Waals surface area contributed by atoms with Crippen LogP contribution in [0.2, 0.25) is 10.0 Å². The molecule has 3 fully saturated rings. The van der Waals surface area contributed by atoms with Crippen molar-refractivity contribution in [2.24, 2.45) is 23.7 Å². The van der Waals surface area contributed by atoms with Crippen LogP contribution < -0.4 is 25.1 Å². The number of ether oxygens (including phenoxy) is 2. The molecule has 11 nitrogen and oxygen atoms in total. The van der Waals surface area contributed by atoms with Crippen LogP contribution in [0.1, 0.15) is 36.8 Å². The number of phenols is 1. The molecule has 0 aromatic heterocycles. The maximum atomic E-state index is 15.6. The second-order valence-electron chi connectivity index (χ2n) is 15.4. The van der Waals surface area contributed by atoms with Crippen LogP contribution in [0.4, 0.5) is 22.7 Å². The number of halogens is 2. The van der Waals surface area contributed by atoms with Crippen molar-refractivity contribution in [3.05, 3.63) is 148 Å². The predicted molar refractivity (Wildman–Crippen MR) is 229 cm³/mol. The largest absolute Gasteiger partial charge is 0.504 e. The molecule has 6 atom stereocenters. The summed E-state index contributed by atoms with van der Waals surface area (Å²) < 4.78 is 11.4. The zero-order valence-electron chi connectivity index (χ0n) is 32.6. The third kappa shape index (κ3) is 6.18. The average Bonchev–Trinajstić information content (AvgIpc) is 3.64. The number of allylic oxidation sites excluding steroid dienone is 2. The number of amides is 4. The van der Waals surface area contributed by atoms with Gasteiger partial charge in [-0.05, 0) is 104 Å². The summed E-state index contributed by atoms with van der Waals surface area (Å²) in [6.07, 6.45) is 2.21. The highest BCUT2D eigenvalue weighted by atomic mass is 35.5. The van der Waals surface area contributed by atoms with Gasteiger partial charge in [-0.25, -0.2) is 0 Å². The van der Waals surface area contributed by atoms with E-state index in [1.165, 1.54) is 18.1 Å². The molecule has 0 radical (unpaired) electrons. The number of benzene rings is 5. The fraction of sp³-hybridized carbons (Fsp3) is 0.234. The van der Waals surface area contributed by atoms with E-state index in [1.807, 2.05) is 48.5 Å². The second kappa shape index (κ2) is 15.4. The second-order valence-corrected chi connectivity index (χ2v) is 16.2. The molecule has 13 heteroatoms. The van der Waals surface area contributed by atoms with Crippen molar-refractivity contribution in [3.63, 3.8) is 0 Å². The van der Waals surface area contributed by atoms with Gasteiger partial charge in [-0.2, -0.15) is 5.01 Å². The first kappa shape index (κ1) is 39.2. The van der Waals surface area contributed by atoms with E-state index in [0.717, 1.165) is 16.4 Å². The molecule has 5 aromatic carbocycles. The highest BCUT2D eigenvalue weighted by Crippen LogP contribution is 2.65. The number of carbonyl (C=O) groups is 4. The third-order valence-corrected chi connectivity index (χ3v) is 13.0. The number of fused-ring (bicyclic) bond motifs is 4. The lowest BCUT2D eigenvalue weighted by atomic mass is 9.49. The number of methoxy groups -OCH3 is 1. The van der Waals surface area contributed by atoms with Crippen molar-refractivity contribution in [3.8, 4) is 17.2 Å². The van der Waals surface area contributed by atoms with Crippen molar-refractivity contribution in [1.29, 1.82) is 0 Å². The topological polar surface area (TPSA) is 138 Å². The van der Waals surface area contributed by atoms with Crippen molar-refractivity contribution in [1.82, 2.24) is 5.01 Å². The van der Waals surface area contributed by atoms with Gasteiger partial charge in [-0.15, -0.1) is 0 Å². The van der Waals surface area contributed by atoms with Gasteiger partial charge in [0.25, 0.3) is 11.8 Å². The summed E-state index contributed by atoms with van der Waals surface area (Å²) in [5, 5.41) is 16.9. The van der Waals surface area contributed by atoms with Gasteiger partial charge < -0.3 is 19.9 Å². The number of para-hydroxylation sites is 2. The van der Waals surface area contributed by atoms with Gasteiger partial charge in [0.1, 0.15) is 5.75 Å². The Hall–Kier alpha value is -6.30. The van der Waals surface area contributed by atoms with E-state index >= 15 is 9.59 Å². The quantitative estimate of drug-likeness (QED) is 0.0929. The maximum absolute atomic E-state index is 15.6. The van der Waals surface area contributed by atoms with Gasteiger partial charge in [0.2, 0.25) is 11.8 Å². The lowest BCUT2D eigenvalue weighted by molar-refractivity contribution is -0.138. The molecule has 4 amide bonds. The van der Waals surface area contributed by atoms with Gasteiger partial charge in [0, 0.05) is 27.9 Å². The first-order chi connectivity index (χ1) is 29.1. The molecular weight excluding hydrogens is 803 g/mol. The van der Waals surface area contributed by atoms with Crippen LogP contribution in [0.15, 0.2) is 127 Å². The Bertz CT molecular complexity index is 2570. The fourth-order valence-corrected chi connectivity index (χ4v) is 10.3. The van der Waals surface area contributed by atoms with E-state index in [0.29, 0.717) is 33.2 Å². The molecule has 304 valence electrons. The Morgan fingerprint density at radius 1 is 0.817 bits per heavy atom. The van der Waals surface area contributed by atoms with E-state index in [4.69, 9.17) is 32.7 Å². The number of anilines is 4. The molecule has 5 aromatic rings. The molecule has 60 heavy (non-hydrogen) atoms. The van der Waals surface area contributed by atoms with E-state index in [1.54, 1.807) is 73.7 Å². The predicted octanol–water partition coefficient (Wildman–Crippen LogP) is 9.04. The van der Waals surface area contributed by atoms with Gasteiger partial charge >= 0.3 is 0 Å². The molecule has 2 aliphatic heterocycles. The van der Waals surface area contributed by atoms with Crippen LogP contribution in [-0.4, -0.2) is 47.5 Å². The van der Waals surface area contributed by atoms with E-state index in [-0.39, 0.29) is 53.5 Å².